The monoisotopic (exact) mass is 602 g/mol. The maximum atomic E-state index is 11.4. The number of benzene rings is 2. The summed E-state index contributed by atoms with van der Waals surface area (Å²) >= 11 is 0. The van der Waals surface area contributed by atoms with Gasteiger partial charge in [-0.2, -0.15) is 9.97 Å². The third-order valence-electron chi connectivity index (χ3n) is 5.56. The van der Waals surface area contributed by atoms with Crippen LogP contribution in [-0.4, -0.2) is 65.9 Å². The summed E-state index contributed by atoms with van der Waals surface area (Å²) < 4.78 is 26.3. The van der Waals surface area contributed by atoms with Crippen molar-refractivity contribution in [2.75, 3.05) is 38.4 Å². The number of hydrogen-bond acceptors (Lipinski definition) is 12. The zero-order valence-corrected chi connectivity index (χ0v) is 24.2. The molecular weight excluding hydrogens is 568 g/mol. The number of aryl methyl sites for hydroxylation is 1. The van der Waals surface area contributed by atoms with Gasteiger partial charge in [0.05, 0.1) is 6.61 Å². The fourth-order valence-electron chi connectivity index (χ4n) is 3.62. The van der Waals surface area contributed by atoms with Crippen LogP contribution in [0.3, 0.4) is 0 Å². The summed E-state index contributed by atoms with van der Waals surface area (Å²) in [5.74, 6) is 0.975. The van der Waals surface area contributed by atoms with Crippen molar-refractivity contribution in [1.29, 1.82) is 0 Å². The molecule has 3 aromatic rings. The van der Waals surface area contributed by atoms with Crippen LogP contribution in [0.15, 0.2) is 86.5 Å². The normalized spacial score (nSPS) is 10.2. The van der Waals surface area contributed by atoms with E-state index in [0.717, 1.165) is 23.8 Å². The molecule has 0 aliphatic heterocycles. The van der Waals surface area contributed by atoms with Gasteiger partial charge in [0.25, 0.3) is 0 Å². The molecule has 0 fully saturated rings. The Bertz CT molecular complexity index is 1370. The number of nitrogens with one attached hydrogen (secondary N) is 1. The Morgan fingerprint density at radius 2 is 1.25 bits per heavy atom. The minimum absolute atomic E-state index is 0.0831. The Balaban J connectivity index is 1.71. The lowest BCUT2D eigenvalue weighted by atomic mass is 10.1. The first-order valence-corrected chi connectivity index (χ1v) is 13.7. The van der Waals surface area contributed by atoms with Crippen molar-refractivity contribution in [2.24, 2.45) is 0 Å². The molecule has 1 aromatic heterocycles. The van der Waals surface area contributed by atoms with Gasteiger partial charge in [0.1, 0.15) is 49.6 Å². The summed E-state index contributed by atoms with van der Waals surface area (Å²) in [5, 5.41) is 3.19. The third-order valence-corrected chi connectivity index (χ3v) is 5.56. The zero-order valence-electron chi connectivity index (χ0n) is 24.2. The topological polar surface area (TPSA) is 148 Å². The number of carbonyl (C=O) groups is 3. The minimum Gasteiger partial charge on any atom is -0.490 e. The SMILES string of the molecule is C=CC(=O)OCCCc1nc(Cc2cccc(OCCOC(=O)C=C)c2)nc(Nc2cccc(OCCOC(=O)C=C)c2)n1. The lowest BCUT2D eigenvalue weighted by Gasteiger charge is -2.12. The number of rotatable bonds is 19. The highest BCUT2D eigenvalue weighted by atomic mass is 16.6. The van der Waals surface area contributed by atoms with Crippen molar-refractivity contribution in [3.05, 3.63) is 104 Å². The first-order chi connectivity index (χ1) is 21.4. The average molecular weight is 603 g/mol. The molecule has 0 spiro atoms. The van der Waals surface area contributed by atoms with Crippen molar-refractivity contribution in [3.63, 3.8) is 0 Å². The predicted molar refractivity (Wildman–Crippen MR) is 162 cm³/mol. The molecule has 0 saturated carbocycles. The van der Waals surface area contributed by atoms with Crippen LogP contribution in [-0.2, 0) is 41.4 Å². The van der Waals surface area contributed by atoms with Gasteiger partial charge in [-0.15, -0.1) is 0 Å². The molecule has 0 amide bonds. The molecule has 0 aliphatic carbocycles. The molecule has 1 N–H and O–H groups in total. The average Bonchev–Trinajstić information content (AvgIpc) is 3.03. The van der Waals surface area contributed by atoms with Gasteiger partial charge in [0, 0.05) is 42.8 Å². The van der Waals surface area contributed by atoms with E-state index in [9.17, 15) is 14.4 Å². The second kappa shape index (κ2) is 18.1. The van der Waals surface area contributed by atoms with Crippen LogP contribution in [0, 0.1) is 0 Å². The highest BCUT2D eigenvalue weighted by Gasteiger charge is 2.11. The van der Waals surface area contributed by atoms with E-state index in [1.807, 2.05) is 24.3 Å². The van der Waals surface area contributed by atoms with Crippen molar-refractivity contribution in [2.45, 2.75) is 19.3 Å². The largest absolute Gasteiger partial charge is 0.490 e. The maximum absolute atomic E-state index is 11.4. The summed E-state index contributed by atoms with van der Waals surface area (Å²) in [7, 11) is 0. The second-order valence-electron chi connectivity index (χ2n) is 8.88. The van der Waals surface area contributed by atoms with E-state index in [1.54, 1.807) is 24.3 Å². The van der Waals surface area contributed by atoms with Gasteiger partial charge in [-0.25, -0.2) is 19.4 Å². The number of carbonyl (C=O) groups excluding carboxylic acids is 3. The fourth-order valence-corrected chi connectivity index (χ4v) is 3.62. The van der Waals surface area contributed by atoms with Gasteiger partial charge in [0.15, 0.2) is 0 Å². The van der Waals surface area contributed by atoms with Crippen LogP contribution in [0.4, 0.5) is 11.6 Å². The van der Waals surface area contributed by atoms with Crippen molar-refractivity contribution in [1.82, 2.24) is 15.0 Å². The molecule has 2 aromatic carbocycles. The lowest BCUT2D eigenvalue weighted by molar-refractivity contribution is -0.139. The summed E-state index contributed by atoms with van der Waals surface area (Å²) in [6.07, 6.45) is 4.62. The number of anilines is 2. The van der Waals surface area contributed by atoms with E-state index < -0.39 is 17.9 Å². The lowest BCUT2D eigenvalue weighted by Crippen LogP contribution is -2.11. The molecule has 1 heterocycles. The zero-order chi connectivity index (χ0) is 31.6. The summed E-state index contributed by atoms with van der Waals surface area (Å²) in [6, 6.07) is 14.6. The number of ether oxygens (including phenoxy) is 5. The standard InChI is InChI=1S/C32H34N4O8/c1-4-29(37)42-15-9-14-27-34-28(21-23-10-7-12-25(20-23)40-16-18-43-30(38)5-2)36-32(35-27)33-24-11-8-13-26(22-24)41-17-19-44-31(39)6-3/h4-8,10-13,20,22H,1-3,9,14-19,21H2,(H,33,34,35,36). The van der Waals surface area contributed by atoms with Gasteiger partial charge in [-0.1, -0.05) is 37.9 Å². The van der Waals surface area contributed by atoms with E-state index in [-0.39, 0.29) is 33.0 Å². The quantitative estimate of drug-likeness (QED) is 0.0912. The van der Waals surface area contributed by atoms with Gasteiger partial charge >= 0.3 is 17.9 Å². The van der Waals surface area contributed by atoms with Crippen molar-refractivity contribution >= 4 is 29.5 Å². The molecule has 44 heavy (non-hydrogen) atoms. The smallest absolute Gasteiger partial charge is 0.330 e. The Morgan fingerprint density at radius 3 is 1.89 bits per heavy atom. The highest BCUT2D eigenvalue weighted by molar-refractivity contribution is 5.81. The van der Waals surface area contributed by atoms with Crippen molar-refractivity contribution < 1.29 is 38.1 Å². The molecule has 0 radical (unpaired) electrons. The van der Waals surface area contributed by atoms with Crippen molar-refractivity contribution in [3.8, 4) is 11.5 Å². The van der Waals surface area contributed by atoms with Gasteiger partial charge < -0.3 is 29.0 Å². The molecule has 0 bridgehead atoms. The Labute approximate surface area is 255 Å². The maximum Gasteiger partial charge on any atom is 0.330 e. The van der Waals surface area contributed by atoms with Crippen LogP contribution < -0.4 is 14.8 Å². The predicted octanol–water partition coefficient (Wildman–Crippen LogP) is 4.08. The van der Waals surface area contributed by atoms with Gasteiger partial charge in [-0.3, -0.25) is 0 Å². The van der Waals surface area contributed by atoms with Crippen LogP contribution >= 0.6 is 0 Å². The Hall–Kier alpha value is -5.52. The molecule has 3 rings (SSSR count). The Kier molecular flexibility index (Phi) is 13.6. The van der Waals surface area contributed by atoms with E-state index in [4.69, 9.17) is 23.7 Å². The molecule has 12 heteroatoms. The van der Waals surface area contributed by atoms with Crippen LogP contribution in [0.1, 0.15) is 23.6 Å². The summed E-state index contributed by atoms with van der Waals surface area (Å²) in [6.45, 7) is 10.8. The molecule has 0 aliphatic rings. The number of esters is 3. The molecule has 230 valence electrons. The van der Waals surface area contributed by atoms with Gasteiger partial charge in [-0.05, 0) is 36.2 Å². The first kappa shape index (κ1) is 33.0. The van der Waals surface area contributed by atoms with Crippen LogP contribution in [0.2, 0.25) is 0 Å². The number of aromatic nitrogens is 3. The number of hydrogen-bond donors (Lipinski definition) is 1. The van der Waals surface area contributed by atoms with Crippen LogP contribution in [0.25, 0.3) is 0 Å². The Morgan fingerprint density at radius 1 is 0.682 bits per heavy atom. The van der Waals surface area contributed by atoms with E-state index >= 15 is 0 Å². The summed E-state index contributed by atoms with van der Waals surface area (Å²) in [4.78, 5) is 47.6. The minimum atomic E-state index is -0.518. The van der Waals surface area contributed by atoms with E-state index in [1.165, 1.54) is 0 Å². The van der Waals surface area contributed by atoms with E-state index in [0.29, 0.717) is 54.0 Å². The second-order valence-corrected chi connectivity index (χ2v) is 8.88. The fraction of sp³-hybridized carbons (Fsp3) is 0.250. The highest BCUT2D eigenvalue weighted by Crippen LogP contribution is 2.21. The number of nitrogens with zero attached hydrogens (tertiary/aromatic N) is 3. The molecule has 0 saturated heterocycles. The molecule has 0 atom stereocenters. The molecule has 12 nitrogen and oxygen atoms in total. The summed E-state index contributed by atoms with van der Waals surface area (Å²) in [5.41, 5.74) is 1.56. The van der Waals surface area contributed by atoms with Gasteiger partial charge in [0.2, 0.25) is 5.95 Å². The third kappa shape index (κ3) is 12.1. The molecular formula is C32H34N4O8. The van der Waals surface area contributed by atoms with Crippen LogP contribution in [0.5, 0.6) is 11.5 Å². The van der Waals surface area contributed by atoms with E-state index in [2.05, 4.69) is 40.0 Å². The molecule has 0 unspecified atom stereocenters. The first-order valence-electron chi connectivity index (χ1n) is 13.7.